The minimum Gasteiger partial charge on any atom is -0.457 e. The topological polar surface area (TPSA) is 58.9 Å². The van der Waals surface area contributed by atoms with Crippen LogP contribution in [0.4, 0.5) is 0 Å². The van der Waals surface area contributed by atoms with Gasteiger partial charge in [0.2, 0.25) is 0 Å². The van der Waals surface area contributed by atoms with Crippen LogP contribution in [0.5, 0.6) is 0 Å². The zero-order valence-electron chi connectivity index (χ0n) is 14.4. The summed E-state index contributed by atoms with van der Waals surface area (Å²) < 4.78 is 7.21. The van der Waals surface area contributed by atoms with E-state index in [0.717, 1.165) is 5.39 Å². The lowest BCUT2D eigenvalue weighted by Crippen LogP contribution is -2.04. The van der Waals surface area contributed by atoms with Crippen LogP contribution in [0.2, 0.25) is 10.0 Å². The highest BCUT2D eigenvalue weighted by atomic mass is 35.5. The minimum absolute atomic E-state index is 0.281. The first-order valence-electron chi connectivity index (χ1n) is 8.34. The molecule has 0 aliphatic heterocycles. The van der Waals surface area contributed by atoms with E-state index in [-0.39, 0.29) is 5.91 Å². The summed E-state index contributed by atoms with van der Waals surface area (Å²) in [5.41, 5.74) is 1.81. The van der Waals surface area contributed by atoms with Gasteiger partial charge in [-0.15, -0.1) is 0 Å². The summed E-state index contributed by atoms with van der Waals surface area (Å²) in [6, 6.07) is 18.0. The molecule has 28 heavy (non-hydrogen) atoms. The van der Waals surface area contributed by atoms with Crippen molar-refractivity contribution in [2.24, 2.45) is 0 Å². The normalized spacial score (nSPS) is 11.2. The molecule has 0 N–H and O–H groups in total. The number of nitriles is 1. The molecule has 0 spiro atoms. The third kappa shape index (κ3) is 3.34. The Hall–Kier alpha value is -3.26. The van der Waals surface area contributed by atoms with Gasteiger partial charge in [-0.25, -0.2) is 0 Å². The van der Waals surface area contributed by atoms with Crippen molar-refractivity contribution in [1.82, 2.24) is 4.57 Å². The fraction of sp³-hybridized carbons (Fsp3) is 0. The lowest BCUT2D eigenvalue weighted by molar-refractivity contribution is 0.0974. The predicted octanol–water partition coefficient (Wildman–Crippen LogP) is 6.43. The maximum absolute atomic E-state index is 12.6. The van der Waals surface area contributed by atoms with Crippen LogP contribution in [-0.2, 0) is 0 Å². The molecule has 0 fully saturated rings. The van der Waals surface area contributed by atoms with Gasteiger partial charge in [0.05, 0.1) is 16.1 Å². The fourth-order valence-corrected chi connectivity index (χ4v) is 3.34. The highest BCUT2D eigenvalue weighted by Crippen LogP contribution is 2.32. The highest BCUT2D eigenvalue weighted by molar-refractivity contribution is 6.35. The van der Waals surface area contributed by atoms with Gasteiger partial charge in [0.15, 0.2) is 0 Å². The Morgan fingerprint density at radius 3 is 2.75 bits per heavy atom. The second-order valence-corrected chi connectivity index (χ2v) is 6.88. The maximum atomic E-state index is 12.6. The molecule has 0 saturated heterocycles. The zero-order valence-corrected chi connectivity index (χ0v) is 15.9. The fourth-order valence-electron chi connectivity index (χ4n) is 2.96. The molecule has 4 aromatic rings. The molecule has 0 bridgehead atoms. The number of carbonyl (C=O) groups excluding carboxylic acids is 1. The molecule has 0 aliphatic carbocycles. The van der Waals surface area contributed by atoms with Crippen LogP contribution in [0.25, 0.3) is 28.3 Å². The van der Waals surface area contributed by atoms with E-state index >= 15 is 0 Å². The Morgan fingerprint density at radius 2 is 1.93 bits per heavy atom. The first-order chi connectivity index (χ1) is 13.6. The second-order valence-electron chi connectivity index (χ2n) is 6.04. The summed E-state index contributed by atoms with van der Waals surface area (Å²) in [6.45, 7) is 0. The standard InChI is InChI=1S/C22H12Cl2N2O2/c23-15-5-8-19(24)18(11-15)21-9-6-16(28-21)7-10-22(27)26-13-14(12-25)17-3-1-2-4-20(17)26/h1-11,13H/b10-7+. The van der Waals surface area contributed by atoms with E-state index < -0.39 is 0 Å². The summed E-state index contributed by atoms with van der Waals surface area (Å²) in [5, 5.41) is 11.1. The highest BCUT2D eigenvalue weighted by Gasteiger charge is 2.12. The summed E-state index contributed by atoms with van der Waals surface area (Å²) in [6.07, 6.45) is 4.51. The predicted molar refractivity (Wildman–Crippen MR) is 110 cm³/mol. The molecule has 4 nitrogen and oxygen atoms in total. The van der Waals surface area contributed by atoms with Gasteiger partial charge in [-0.2, -0.15) is 5.26 Å². The van der Waals surface area contributed by atoms with Crippen molar-refractivity contribution in [2.45, 2.75) is 0 Å². The van der Waals surface area contributed by atoms with Crippen LogP contribution in [0, 0.1) is 11.3 Å². The average Bonchev–Trinajstić information content (AvgIpc) is 3.32. The first kappa shape index (κ1) is 18.1. The molecule has 0 atom stereocenters. The third-order valence-electron chi connectivity index (χ3n) is 4.28. The molecule has 6 heteroatoms. The third-order valence-corrected chi connectivity index (χ3v) is 4.85. The molecule has 2 heterocycles. The van der Waals surface area contributed by atoms with Crippen molar-refractivity contribution in [1.29, 1.82) is 5.26 Å². The van der Waals surface area contributed by atoms with Gasteiger partial charge < -0.3 is 4.42 Å². The summed E-state index contributed by atoms with van der Waals surface area (Å²) in [5.74, 6) is 0.769. The number of aromatic nitrogens is 1. The number of allylic oxidation sites excluding steroid dienone is 1. The van der Waals surface area contributed by atoms with E-state index in [1.54, 1.807) is 42.5 Å². The number of hydrogen-bond donors (Lipinski definition) is 0. The van der Waals surface area contributed by atoms with Gasteiger partial charge in [-0.1, -0.05) is 41.4 Å². The molecule has 0 radical (unpaired) electrons. The lowest BCUT2D eigenvalue weighted by Gasteiger charge is -2.01. The summed E-state index contributed by atoms with van der Waals surface area (Å²) >= 11 is 12.2. The smallest absolute Gasteiger partial charge is 0.255 e. The van der Waals surface area contributed by atoms with E-state index in [9.17, 15) is 10.1 Å². The Kier molecular flexibility index (Phi) is 4.79. The Morgan fingerprint density at radius 1 is 1.11 bits per heavy atom. The Bertz CT molecular complexity index is 1280. The number of furan rings is 1. The van der Waals surface area contributed by atoms with E-state index in [2.05, 4.69) is 6.07 Å². The molecule has 4 rings (SSSR count). The number of halogens is 2. The molecule has 0 unspecified atom stereocenters. The van der Waals surface area contributed by atoms with Crippen LogP contribution in [0.3, 0.4) is 0 Å². The van der Waals surface area contributed by atoms with E-state index in [1.165, 1.54) is 16.8 Å². The molecule has 0 aliphatic rings. The summed E-state index contributed by atoms with van der Waals surface area (Å²) in [7, 11) is 0. The molecular formula is C22H12Cl2N2O2. The minimum atomic E-state index is -0.281. The Labute approximate surface area is 170 Å². The molecule has 0 saturated carbocycles. The SMILES string of the molecule is N#Cc1cn(C(=O)/C=C/c2ccc(-c3cc(Cl)ccc3Cl)o2)c2ccccc12. The molecular weight excluding hydrogens is 395 g/mol. The van der Waals surface area contributed by atoms with Crippen molar-refractivity contribution in [3.05, 3.63) is 88.2 Å². The quantitative estimate of drug-likeness (QED) is 0.368. The van der Waals surface area contributed by atoms with Crippen molar-refractivity contribution >= 4 is 46.1 Å². The number of benzene rings is 2. The van der Waals surface area contributed by atoms with E-state index in [4.69, 9.17) is 27.6 Å². The van der Waals surface area contributed by atoms with Gasteiger partial charge in [0.25, 0.3) is 5.91 Å². The van der Waals surface area contributed by atoms with Crippen molar-refractivity contribution in [3.63, 3.8) is 0 Å². The van der Waals surface area contributed by atoms with Crippen molar-refractivity contribution < 1.29 is 9.21 Å². The Balaban J connectivity index is 1.62. The van der Waals surface area contributed by atoms with Crippen LogP contribution < -0.4 is 0 Å². The number of carbonyl (C=O) groups is 1. The number of rotatable bonds is 3. The van der Waals surface area contributed by atoms with Crippen LogP contribution in [-0.4, -0.2) is 10.5 Å². The number of nitrogens with zero attached hydrogens (tertiary/aromatic N) is 2. The van der Waals surface area contributed by atoms with Gasteiger partial charge in [-0.05, 0) is 42.5 Å². The molecule has 136 valence electrons. The van der Waals surface area contributed by atoms with Crippen LogP contribution in [0.1, 0.15) is 16.1 Å². The summed E-state index contributed by atoms with van der Waals surface area (Å²) in [4.78, 5) is 12.6. The largest absolute Gasteiger partial charge is 0.457 e. The van der Waals surface area contributed by atoms with Crippen molar-refractivity contribution in [3.8, 4) is 17.4 Å². The van der Waals surface area contributed by atoms with Crippen LogP contribution >= 0.6 is 23.2 Å². The average molecular weight is 407 g/mol. The van der Waals surface area contributed by atoms with Gasteiger partial charge >= 0.3 is 0 Å². The van der Waals surface area contributed by atoms with Gasteiger partial charge in [-0.3, -0.25) is 9.36 Å². The monoisotopic (exact) mass is 406 g/mol. The van der Waals surface area contributed by atoms with Gasteiger partial charge in [0, 0.05) is 28.2 Å². The van der Waals surface area contributed by atoms with E-state index in [1.807, 2.05) is 18.2 Å². The van der Waals surface area contributed by atoms with E-state index in [0.29, 0.717) is 38.2 Å². The molecule has 0 amide bonds. The van der Waals surface area contributed by atoms with Crippen LogP contribution in [0.15, 0.2) is 71.3 Å². The maximum Gasteiger partial charge on any atom is 0.255 e. The van der Waals surface area contributed by atoms with Gasteiger partial charge in [0.1, 0.15) is 17.6 Å². The number of fused-ring (bicyclic) bond motifs is 1. The second kappa shape index (κ2) is 7.40. The zero-order chi connectivity index (χ0) is 19.7. The van der Waals surface area contributed by atoms with Crippen molar-refractivity contribution in [2.75, 3.05) is 0 Å². The lowest BCUT2D eigenvalue weighted by atomic mass is 10.2. The first-order valence-corrected chi connectivity index (χ1v) is 9.10. The molecule has 2 aromatic carbocycles. The number of hydrogen-bond acceptors (Lipinski definition) is 3. The molecule has 2 aromatic heterocycles. The number of para-hydroxylation sites is 1.